The fourth-order valence-corrected chi connectivity index (χ4v) is 4.37. The van der Waals surface area contributed by atoms with Gasteiger partial charge >= 0.3 is 0 Å². The van der Waals surface area contributed by atoms with Crippen LogP contribution in [0.3, 0.4) is 0 Å². The molecule has 0 aromatic rings. The first-order chi connectivity index (χ1) is 10.4. The van der Waals surface area contributed by atoms with E-state index in [0.29, 0.717) is 11.5 Å². The highest BCUT2D eigenvalue weighted by Gasteiger charge is 2.46. The van der Waals surface area contributed by atoms with Crippen molar-refractivity contribution in [3.8, 4) is 0 Å². The summed E-state index contributed by atoms with van der Waals surface area (Å²) in [4.78, 5) is 0. The number of hydrogen-bond acceptors (Lipinski definition) is 2. The smallest absolute Gasteiger partial charge is 0.114 e. The normalized spacial score (nSPS) is 38.6. The van der Waals surface area contributed by atoms with E-state index in [1.807, 2.05) is 26.0 Å². The number of aliphatic hydroxyl groups is 2. The lowest BCUT2D eigenvalue weighted by Crippen LogP contribution is -2.40. The van der Waals surface area contributed by atoms with Gasteiger partial charge in [-0.2, -0.15) is 0 Å². The molecule has 0 aromatic carbocycles. The van der Waals surface area contributed by atoms with Crippen molar-refractivity contribution < 1.29 is 10.2 Å². The van der Waals surface area contributed by atoms with Gasteiger partial charge in [-0.3, -0.25) is 0 Å². The summed E-state index contributed by atoms with van der Waals surface area (Å²) in [6, 6.07) is 0. The zero-order valence-electron chi connectivity index (χ0n) is 15.9. The topological polar surface area (TPSA) is 40.5 Å². The highest BCUT2D eigenvalue weighted by Crippen LogP contribution is 2.56. The molecule has 0 aliphatic heterocycles. The minimum absolute atomic E-state index is 0.00165. The first-order valence-electron chi connectivity index (χ1n) is 8.63. The Morgan fingerprint density at radius 2 is 1.09 bits per heavy atom. The predicted octanol–water partition coefficient (Wildman–Crippen LogP) is 6.25. The molecule has 2 aliphatic carbocycles. The molecule has 0 aromatic heterocycles. The minimum atomic E-state index is 0.00165. The quantitative estimate of drug-likeness (QED) is 0.632. The maximum atomic E-state index is 10.2. The van der Waals surface area contributed by atoms with Crippen molar-refractivity contribution in [1.29, 1.82) is 0 Å². The lowest BCUT2D eigenvalue weighted by Gasteiger charge is -2.49. The summed E-state index contributed by atoms with van der Waals surface area (Å²) in [7, 11) is 0. The molecule has 0 radical (unpaired) electrons. The van der Waals surface area contributed by atoms with Crippen LogP contribution in [0, 0.1) is 22.7 Å². The van der Waals surface area contributed by atoms with Crippen molar-refractivity contribution in [3.05, 3.63) is 46.0 Å². The van der Waals surface area contributed by atoms with Crippen molar-refractivity contribution in [3.63, 3.8) is 0 Å². The van der Waals surface area contributed by atoms with Crippen molar-refractivity contribution in [1.82, 2.24) is 0 Å². The Morgan fingerprint density at radius 3 is 1.39 bits per heavy atom. The van der Waals surface area contributed by atoms with Gasteiger partial charge in [-0.25, -0.2) is 0 Å². The third kappa shape index (κ3) is 2.56. The van der Waals surface area contributed by atoms with Crippen molar-refractivity contribution in [2.75, 3.05) is 0 Å². The maximum Gasteiger partial charge on any atom is 0.114 e. The molecule has 128 valence electrons. The van der Waals surface area contributed by atoms with Gasteiger partial charge in [-0.05, 0) is 80.1 Å². The van der Waals surface area contributed by atoms with Gasteiger partial charge in [-0.15, -0.1) is 0 Å². The van der Waals surface area contributed by atoms with E-state index in [9.17, 15) is 10.2 Å². The van der Waals surface area contributed by atoms with Gasteiger partial charge in [0, 0.05) is 0 Å². The third-order valence-corrected chi connectivity index (χ3v) is 7.17. The Kier molecular flexibility index (Phi) is 4.34. The standard InChI is InChI=1S/C21H32O2/c1-12-9-18(22)14(3)16(5)20(12,7)11-21(8)13(2)10-19(23)15(4)17(21)6/h9-10,12-13,22-23H,11H2,1-8H3. The summed E-state index contributed by atoms with van der Waals surface area (Å²) in [6.45, 7) is 17.4. The van der Waals surface area contributed by atoms with Crippen LogP contribution in [0.25, 0.3) is 0 Å². The highest BCUT2D eigenvalue weighted by atomic mass is 16.3. The van der Waals surface area contributed by atoms with Gasteiger partial charge in [-0.1, -0.05) is 38.8 Å². The average Bonchev–Trinajstić information content (AvgIpc) is 2.48. The molecule has 2 aliphatic rings. The Hall–Kier alpha value is -1.44. The molecule has 2 rings (SSSR count). The van der Waals surface area contributed by atoms with Gasteiger partial charge in [0.15, 0.2) is 0 Å². The Labute approximate surface area is 141 Å². The van der Waals surface area contributed by atoms with Crippen LogP contribution in [0.5, 0.6) is 0 Å². The Morgan fingerprint density at radius 1 is 0.783 bits per heavy atom. The molecule has 4 atom stereocenters. The summed E-state index contributed by atoms with van der Waals surface area (Å²) >= 11 is 0. The van der Waals surface area contributed by atoms with Crippen LogP contribution in [0.15, 0.2) is 46.0 Å². The summed E-state index contributed by atoms with van der Waals surface area (Å²) in [6.07, 6.45) is 5.00. The maximum absolute atomic E-state index is 10.2. The van der Waals surface area contributed by atoms with Gasteiger partial charge in [0.25, 0.3) is 0 Å². The Bertz CT molecular complexity index is 591. The van der Waals surface area contributed by atoms with E-state index in [2.05, 4.69) is 41.5 Å². The van der Waals surface area contributed by atoms with Crippen molar-refractivity contribution in [2.45, 2.75) is 61.8 Å². The average molecular weight is 316 g/mol. The van der Waals surface area contributed by atoms with E-state index in [1.54, 1.807) is 0 Å². The molecular formula is C21H32O2. The van der Waals surface area contributed by atoms with E-state index >= 15 is 0 Å². The molecule has 2 nitrogen and oxygen atoms in total. The van der Waals surface area contributed by atoms with Gasteiger partial charge < -0.3 is 10.2 Å². The van der Waals surface area contributed by atoms with Crippen LogP contribution in [0.2, 0.25) is 0 Å². The van der Waals surface area contributed by atoms with Gasteiger partial charge in [0.05, 0.1) is 0 Å². The van der Waals surface area contributed by atoms with Crippen LogP contribution in [0.4, 0.5) is 0 Å². The fourth-order valence-electron chi connectivity index (χ4n) is 4.37. The van der Waals surface area contributed by atoms with Gasteiger partial charge in [0.1, 0.15) is 11.5 Å². The van der Waals surface area contributed by atoms with Crippen LogP contribution in [0.1, 0.15) is 61.8 Å². The lowest BCUT2D eigenvalue weighted by molar-refractivity contribution is 0.139. The Balaban J connectivity index is 2.49. The van der Waals surface area contributed by atoms with Crippen LogP contribution in [-0.4, -0.2) is 10.2 Å². The largest absolute Gasteiger partial charge is 0.508 e. The second kappa shape index (κ2) is 5.58. The first kappa shape index (κ1) is 17.9. The molecule has 0 saturated carbocycles. The highest BCUT2D eigenvalue weighted by molar-refractivity contribution is 5.41. The summed E-state index contributed by atoms with van der Waals surface area (Å²) in [5.74, 6) is 1.41. The number of hydrogen-bond donors (Lipinski definition) is 2. The molecule has 23 heavy (non-hydrogen) atoms. The van der Waals surface area contributed by atoms with E-state index in [-0.39, 0.29) is 22.7 Å². The molecule has 0 amide bonds. The summed E-state index contributed by atoms with van der Waals surface area (Å²) < 4.78 is 0. The van der Waals surface area contributed by atoms with Crippen LogP contribution in [-0.2, 0) is 0 Å². The lowest BCUT2D eigenvalue weighted by atomic mass is 9.55. The molecule has 4 unspecified atom stereocenters. The van der Waals surface area contributed by atoms with Crippen LogP contribution >= 0.6 is 0 Å². The van der Waals surface area contributed by atoms with Crippen molar-refractivity contribution in [2.24, 2.45) is 22.7 Å². The molecule has 0 saturated heterocycles. The predicted molar refractivity (Wildman–Crippen MR) is 97.3 cm³/mol. The number of rotatable bonds is 2. The number of allylic oxidation sites excluding steroid dienone is 6. The summed E-state index contributed by atoms with van der Waals surface area (Å²) in [5.41, 5.74) is 4.58. The number of aliphatic hydroxyl groups excluding tert-OH is 2. The van der Waals surface area contributed by atoms with E-state index in [4.69, 9.17) is 0 Å². The molecule has 2 N–H and O–H groups in total. The monoisotopic (exact) mass is 316 g/mol. The minimum Gasteiger partial charge on any atom is -0.508 e. The van der Waals surface area contributed by atoms with Crippen molar-refractivity contribution >= 4 is 0 Å². The molecule has 0 spiro atoms. The molecule has 0 heterocycles. The molecule has 2 heteroatoms. The molecule has 0 fully saturated rings. The van der Waals surface area contributed by atoms with E-state index in [0.717, 1.165) is 17.6 Å². The second-order valence-electron chi connectivity index (χ2n) is 8.19. The molecule has 0 bridgehead atoms. The van der Waals surface area contributed by atoms with E-state index < -0.39 is 0 Å². The van der Waals surface area contributed by atoms with E-state index in [1.165, 1.54) is 11.1 Å². The third-order valence-electron chi connectivity index (χ3n) is 7.17. The van der Waals surface area contributed by atoms with Gasteiger partial charge in [0.2, 0.25) is 0 Å². The first-order valence-corrected chi connectivity index (χ1v) is 8.63. The summed E-state index contributed by atoms with van der Waals surface area (Å²) in [5, 5.41) is 20.3. The van der Waals surface area contributed by atoms with Crippen LogP contribution < -0.4 is 0 Å². The zero-order valence-corrected chi connectivity index (χ0v) is 15.9. The SMILES string of the molecule is CC1=C(C)C(C)(CC2(C)C(C)=C(C)C(O)=CC2C)C(C)C=C1O. The zero-order chi connectivity index (χ0) is 17.7. The molecular weight excluding hydrogens is 284 g/mol. The fraction of sp³-hybridized carbons (Fsp3) is 0.619. The second-order valence-corrected chi connectivity index (χ2v) is 8.19.